The molecule has 1 aromatic heterocycles. The number of ether oxygens (including phenoxy) is 2. The molecule has 4 rings (SSSR count). The summed E-state index contributed by atoms with van der Waals surface area (Å²) < 4.78 is 16.4. The Morgan fingerprint density at radius 1 is 1.06 bits per heavy atom. The summed E-state index contributed by atoms with van der Waals surface area (Å²) in [5, 5.41) is 0. The fourth-order valence-corrected chi connectivity index (χ4v) is 3.97. The number of amides is 2. The maximum Gasteiger partial charge on any atom is 0.242 e. The third kappa shape index (κ3) is 5.03. The van der Waals surface area contributed by atoms with Crippen molar-refractivity contribution in [1.29, 1.82) is 0 Å². The first kappa shape index (κ1) is 21.3. The highest BCUT2D eigenvalue weighted by Crippen LogP contribution is 2.33. The third-order valence-corrected chi connectivity index (χ3v) is 6.00. The van der Waals surface area contributed by atoms with E-state index in [2.05, 4.69) is 0 Å². The molecule has 0 saturated heterocycles. The monoisotopic (exact) mass is 426 g/mol. The van der Waals surface area contributed by atoms with Gasteiger partial charge in [0, 0.05) is 18.5 Å². The van der Waals surface area contributed by atoms with E-state index in [9.17, 15) is 9.59 Å². The number of carbonyl (C=O) groups is 2. The molecule has 31 heavy (non-hydrogen) atoms. The van der Waals surface area contributed by atoms with Gasteiger partial charge in [0.15, 0.2) is 11.5 Å². The molecule has 0 atom stereocenters. The highest BCUT2D eigenvalue weighted by Gasteiger charge is 2.36. The Morgan fingerprint density at radius 2 is 1.84 bits per heavy atom. The lowest BCUT2D eigenvalue weighted by molar-refractivity contribution is -0.144. The van der Waals surface area contributed by atoms with Gasteiger partial charge in [-0.2, -0.15) is 0 Å². The van der Waals surface area contributed by atoms with Gasteiger partial charge in [-0.15, -0.1) is 0 Å². The Labute approximate surface area is 182 Å². The number of hydrogen-bond donors (Lipinski definition) is 0. The number of furan rings is 1. The predicted octanol–water partition coefficient (Wildman–Crippen LogP) is 3.96. The van der Waals surface area contributed by atoms with Crippen LogP contribution in [0.15, 0.2) is 41.0 Å². The molecule has 2 aromatic rings. The van der Waals surface area contributed by atoms with Crippen LogP contribution in [-0.4, -0.2) is 41.0 Å². The topological polar surface area (TPSA) is 72.2 Å². The van der Waals surface area contributed by atoms with E-state index in [0.717, 1.165) is 31.2 Å². The Bertz CT molecular complexity index is 903. The van der Waals surface area contributed by atoms with Crippen LogP contribution in [-0.2, 0) is 22.7 Å². The van der Waals surface area contributed by atoms with E-state index in [4.69, 9.17) is 13.9 Å². The minimum Gasteiger partial charge on any atom is -0.467 e. The van der Waals surface area contributed by atoms with E-state index in [1.165, 1.54) is 0 Å². The zero-order chi connectivity index (χ0) is 21.8. The fourth-order valence-electron chi connectivity index (χ4n) is 3.97. The normalized spacial score (nSPS) is 14.7. The number of rotatable bonds is 10. The Morgan fingerprint density at radius 3 is 2.52 bits per heavy atom. The van der Waals surface area contributed by atoms with Gasteiger partial charge in [0.1, 0.15) is 12.3 Å². The van der Waals surface area contributed by atoms with Gasteiger partial charge in [-0.3, -0.25) is 9.59 Å². The summed E-state index contributed by atoms with van der Waals surface area (Å²) in [7, 11) is 0. The molecule has 0 N–H and O–H groups in total. The van der Waals surface area contributed by atoms with E-state index in [0.29, 0.717) is 30.3 Å². The van der Waals surface area contributed by atoms with Crippen LogP contribution in [0.4, 0.5) is 0 Å². The van der Waals surface area contributed by atoms with Gasteiger partial charge in [0.2, 0.25) is 18.6 Å². The van der Waals surface area contributed by atoms with Crippen molar-refractivity contribution in [2.24, 2.45) is 5.92 Å². The van der Waals surface area contributed by atoms with E-state index >= 15 is 0 Å². The first-order valence-electron chi connectivity index (χ1n) is 11.1. The lowest BCUT2D eigenvalue weighted by Crippen LogP contribution is -2.45. The second kappa shape index (κ2) is 9.45. The fraction of sp³-hybridized carbons (Fsp3) is 0.500. The largest absolute Gasteiger partial charge is 0.467 e. The minimum atomic E-state index is -0.0831. The van der Waals surface area contributed by atoms with Crippen LogP contribution in [0.5, 0.6) is 11.5 Å². The van der Waals surface area contributed by atoms with Crippen molar-refractivity contribution in [3.8, 4) is 11.5 Å². The number of nitrogens with zero attached hydrogens (tertiary/aromatic N) is 2. The Balaban J connectivity index is 1.51. The Kier molecular flexibility index (Phi) is 6.49. The third-order valence-electron chi connectivity index (χ3n) is 6.00. The smallest absolute Gasteiger partial charge is 0.242 e. The van der Waals surface area contributed by atoms with E-state index in [1.807, 2.05) is 44.2 Å². The van der Waals surface area contributed by atoms with Crippen LogP contribution in [0.25, 0.3) is 0 Å². The zero-order valence-electron chi connectivity index (χ0n) is 18.2. The summed E-state index contributed by atoms with van der Waals surface area (Å²) in [6.07, 6.45) is 5.13. The van der Waals surface area contributed by atoms with Crippen molar-refractivity contribution in [2.75, 3.05) is 13.3 Å². The highest BCUT2D eigenvalue weighted by molar-refractivity contribution is 5.86. The molecular weight excluding hydrogens is 396 g/mol. The standard InChI is InChI=1S/C24H30N2O5/c1-3-18(4-2)24(28)26(19-8-9-19)15-23(27)25(14-20-6-5-11-29-20)13-17-7-10-21-22(12-17)31-16-30-21/h5-7,10-12,18-19H,3-4,8-9,13-16H2,1-2H3. The number of benzene rings is 1. The summed E-state index contributed by atoms with van der Waals surface area (Å²) >= 11 is 0. The van der Waals surface area contributed by atoms with Crippen molar-refractivity contribution in [3.05, 3.63) is 47.9 Å². The first-order valence-corrected chi connectivity index (χ1v) is 11.1. The number of hydrogen-bond acceptors (Lipinski definition) is 5. The van der Waals surface area contributed by atoms with Crippen molar-refractivity contribution in [2.45, 2.75) is 58.7 Å². The molecule has 7 heteroatoms. The molecule has 2 aliphatic rings. The van der Waals surface area contributed by atoms with Gasteiger partial charge in [-0.1, -0.05) is 19.9 Å². The molecule has 1 aliphatic carbocycles. The molecule has 0 radical (unpaired) electrons. The number of fused-ring (bicyclic) bond motifs is 1. The molecule has 1 fully saturated rings. The van der Waals surface area contributed by atoms with E-state index < -0.39 is 0 Å². The van der Waals surface area contributed by atoms with Crippen LogP contribution < -0.4 is 9.47 Å². The highest BCUT2D eigenvalue weighted by atomic mass is 16.7. The quantitative estimate of drug-likeness (QED) is 0.575. The molecule has 1 aromatic carbocycles. The lowest BCUT2D eigenvalue weighted by atomic mass is 10.0. The van der Waals surface area contributed by atoms with Crippen molar-refractivity contribution in [1.82, 2.24) is 9.80 Å². The van der Waals surface area contributed by atoms with E-state index in [-0.39, 0.29) is 37.1 Å². The molecule has 0 spiro atoms. The average Bonchev–Trinajstić information content (AvgIpc) is 3.27. The van der Waals surface area contributed by atoms with Crippen LogP contribution in [0.1, 0.15) is 50.9 Å². The molecule has 2 heterocycles. The predicted molar refractivity (Wildman–Crippen MR) is 114 cm³/mol. The molecule has 2 amide bonds. The van der Waals surface area contributed by atoms with Gasteiger partial charge < -0.3 is 23.7 Å². The summed E-state index contributed by atoms with van der Waals surface area (Å²) in [4.78, 5) is 30.0. The van der Waals surface area contributed by atoms with Gasteiger partial charge in [0.05, 0.1) is 12.8 Å². The van der Waals surface area contributed by atoms with Gasteiger partial charge in [-0.25, -0.2) is 0 Å². The first-order chi connectivity index (χ1) is 15.1. The lowest BCUT2D eigenvalue weighted by Gasteiger charge is -2.29. The maximum absolute atomic E-state index is 13.4. The average molecular weight is 427 g/mol. The molecule has 0 unspecified atom stereocenters. The van der Waals surface area contributed by atoms with Crippen LogP contribution in [0, 0.1) is 5.92 Å². The minimum absolute atomic E-state index is 0.0271. The summed E-state index contributed by atoms with van der Waals surface area (Å²) in [5.74, 6) is 2.09. The zero-order valence-corrected chi connectivity index (χ0v) is 18.2. The molecule has 1 saturated carbocycles. The van der Waals surface area contributed by atoms with Crippen LogP contribution in [0.3, 0.4) is 0 Å². The van der Waals surface area contributed by atoms with Crippen LogP contribution in [0.2, 0.25) is 0 Å². The van der Waals surface area contributed by atoms with Crippen LogP contribution >= 0.6 is 0 Å². The molecule has 0 bridgehead atoms. The number of carbonyl (C=O) groups excluding carboxylic acids is 2. The molecule has 1 aliphatic heterocycles. The summed E-state index contributed by atoms with van der Waals surface area (Å²) in [5.41, 5.74) is 0.938. The van der Waals surface area contributed by atoms with Crippen molar-refractivity contribution < 1.29 is 23.5 Å². The van der Waals surface area contributed by atoms with Gasteiger partial charge in [-0.05, 0) is 55.5 Å². The summed E-state index contributed by atoms with van der Waals surface area (Å²) in [6.45, 7) is 5.11. The Hall–Kier alpha value is -2.96. The summed E-state index contributed by atoms with van der Waals surface area (Å²) in [6, 6.07) is 9.55. The second-order valence-corrected chi connectivity index (χ2v) is 8.23. The molecule has 166 valence electrons. The van der Waals surface area contributed by atoms with Gasteiger partial charge in [0.25, 0.3) is 0 Å². The van der Waals surface area contributed by atoms with Gasteiger partial charge >= 0.3 is 0 Å². The molecule has 7 nitrogen and oxygen atoms in total. The molecular formula is C24H30N2O5. The van der Waals surface area contributed by atoms with Crippen molar-refractivity contribution >= 4 is 11.8 Å². The van der Waals surface area contributed by atoms with Crippen molar-refractivity contribution in [3.63, 3.8) is 0 Å². The van der Waals surface area contributed by atoms with E-state index in [1.54, 1.807) is 16.1 Å². The maximum atomic E-state index is 13.4. The SMILES string of the molecule is CCC(CC)C(=O)N(CC(=O)N(Cc1ccc2c(c1)OCO2)Cc1ccco1)C1CC1. The second-order valence-electron chi connectivity index (χ2n) is 8.23.